The number of ether oxygens (including phenoxy) is 1. The normalized spacial score (nSPS) is 22.1. The van der Waals surface area contributed by atoms with Gasteiger partial charge in [-0.15, -0.1) is 0 Å². The van der Waals surface area contributed by atoms with Crippen LogP contribution in [0.15, 0.2) is 54.6 Å². The Morgan fingerprint density at radius 3 is 2.60 bits per heavy atom. The molecule has 45 heavy (non-hydrogen) atoms. The topological polar surface area (TPSA) is 81.4 Å². The van der Waals surface area contributed by atoms with E-state index in [0.717, 1.165) is 69.8 Å². The smallest absolute Gasteiger partial charge is 0.254 e. The number of amides is 2. The maximum Gasteiger partial charge on any atom is 0.254 e. The van der Waals surface area contributed by atoms with Gasteiger partial charge in [-0.2, -0.15) is 0 Å². The van der Waals surface area contributed by atoms with Crippen LogP contribution in [0.4, 0.5) is 5.69 Å². The number of hydrogen-bond acceptors (Lipinski definition) is 4. The Morgan fingerprint density at radius 1 is 1.02 bits per heavy atom. The van der Waals surface area contributed by atoms with Crippen molar-refractivity contribution in [2.75, 3.05) is 19.0 Å². The second-order valence-electron chi connectivity index (χ2n) is 13.7. The molecule has 228 valence electrons. The molecule has 9 rings (SSSR count). The fraction of sp³-hybridized carbons (Fsp3) is 0.378. The van der Waals surface area contributed by atoms with Crippen molar-refractivity contribution in [1.82, 2.24) is 19.0 Å². The summed E-state index contributed by atoms with van der Waals surface area (Å²) in [5.74, 6) is 3.51. The lowest BCUT2D eigenvalue weighted by Gasteiger charge is -2.27. The highest BCUT2D eigenvalue weighted by atomic mass is 16.5. The molecule has 1 saturated heterocycles. The lowest BCUT2D eigenvalue weighted by Crippen LogP contribution is -2.38. The second-order valence-corrected chi connectivity index (χ2v) is 13.7. The van der Waals surface area contributed by atoms with Crippen molar-refractivity contribution >= 4 is 39.4 Å². The molecule has 2 aliphatic heterocycles. The molecule has 3 fully saturated rings. The van der Waals surface area contributed by atoms with Crippen molar-refractivity contribution in [3.05, 3.63) is 65.7 Å². The van der Waals surface area contributed by atoms with Gasteiger partial charge in [0.1, 0.15) is 11.3 Å². The molecule has 0 radical (unpaired) electrons. The lowest BCUT2D eigenvalue weighted by molar-refractivity contribution is -0.115. The van der Waals surface area contributed by atoms with E-state index in [4.69, 9.17) is 9.72 Å². The Morgan fingerprint density at radius 2 is 1.84 bits per heavy atom. The summed E-state index contributed by atoms with van der Waals surface area (Å²) in [6.07, 6.45) is 5.24. The second kappa shape index (κ2) is 9.70. The number of likely N-dealkylation sites (tertiary alicyclic amines) is 1. The minimum Gasteiger partial charge on any atom is -0.494 e. The number of nitrogens with one attached hydrogen (secondary N) is 1. The zero-order chi connectivity index (χ0) is 30.6. The number of carbonyl (C=O) groups is 2. The van der Waals surface area contributed by atoms with Crippen LogP contribution in [0.25, 0.3) is 44.6 Å². The zero-order valence-electron chi connectivity index (χ0n) is 26.0. The first-order chi connectivity index (χ1) is 21.9. The van der Waals surface area contributed by atoms with Crippen molar-refractivity contribution in [1.29, 1.82) is 0 Å². The van der Waals surface area contributed by atoms with Crippen molar-refractivity contribution in [2.45, 2.75) is 51.6 Å². The molecule has 8 heteroatoms. The van der Waals surface area contributed by atoms with Crippen molar-refractivity contribution < 1.29 is 14.3 Å². The third-order valence-electron chi connectivity index (χ3n) is 11.0. The van der Waals surface area contributed by atoms with Crippen LogP contribution >= 0.6 is 0 Å². The Bertz CT molecular complexity index is 2070. The van der Waals surface area contributed by atoms with Crippen LogP contribution < -0.4 is 10.1 Å². The van der Waals surface area contributed by atoms with Gasteiger partial charge in [0.2, 0.25) is 5.91 Å². The van der Waals surface area contributed by atoms with Gasteiger partial charge in [-0.1, -0.05) is 31.2 Å². The number of anilines is 1. The van der Waals surface area contributed by atoms with E-state index in [0.29, 0.717) is 41.5 Å². The van der Waals surface area contributed by atoms with Gasteiger partial charge in [0.25, 0.3) is 5.91 Å². The summed E-state index contributed by atoms with van der Waals surface area (Å²) in [5.41, 5.74) is 8.72. The molecule has 3 aromatic carbocycles. The Labute approximate surface area is 262 Å². The van der Waals surface area contributed by atoms with Crippen LogP contribution in [0.3, 0.4) is 0 Å². The molecule has 2 aromatic heterocycles. The van der Waals surface area contributed by atoms with Gasteiger partial charge in [0.15, 0.2) is 5.82 Å². The van der Waals surface area contributed by atoms with Gasteiger partial charge in [-0.05, 0) is 90.5 Å². The quantitative estimate of drug-likeness (QED) is 0.237. The molecule has 2 aliphatic carbocycles. The minimum absolute atomic E-state index is 0.0498. The van der Waals surface area contributed by atoms with Crippen molar-refractivity contribution in [3.63, 3.8) is 0 Å². The summed E-state index contributed by atoms with van der Waals surface area (Å²) in [5, 5.41) is 4.15. The van der Waals surface area contributed by atoms with E-state index < -0.39 is 0 Å². The molecule has 2 saturated carbocycles. The summed E-state index contributed by atoms with van der Waals surface area (Å²) >= 11 is 0. The number of nitrogens with zero attached hydrogens (tertiary/aromatic N) is 4. The molecule has 2 unspecified atom stereocenters. The molecular formula is C37H37N5O3. The molecule has 5 aromatic rings. The maximum atomic E-state index is 13.8. The summed E-state index contributed by atoms with van der Waals surface area (Å²) < 4.78 is 10.4. The van der Waals surface area contributed by atoms with Crippen LogP contribution in [0.5, 0.6) is 5.75 Å². The number of rotatable bonds is 6. The third kappa shape index (κ3) is 4.14. The standard InChI is InChI=1S/C37H37N5O3/c1-20-26-10-11-30(20)42(19-26)37(44)27-13-29-35(33(16-27)45-3)40(2)36(39-29)32-15-25-9-7-23(14-31(25)41(32)18-21-4-5-21)22-6-8-24-17-34(43)38-28(24)12-22/h6-9,12-16,20-21,26,30H,4-5,10-11,17-19H2,1-3H3,(H,38,43)/t20-,26?,30?/m1/s1. The minimum atomic E-state index is 0.0498. The molecule has 2 bridgehead atoms. The maximum absolute atomic E-state index is 13.8. The largest absolute Gasteiger partial charge is 0.494 e. The number of piperidine rings is 1. The number of aromatic nitrogens is 3. The van der Waals surface area contributed by atoms with Crippen LogP contribution in [-0.4, -0.2) is 50.5 Å². The Balaban J connectivity index is 1.14. The highest BCUT2D eigenvalue weighted by Gasteiger charge is 2.46. The van der Waals surface area contributed by atoms with E-state index in [-0.39, 0.29) is 11.8 Å². The molecule has 1 N–H and O–H groups in total. The van der Waals surface area contributed by atoms with Crippen LogP contribution in [0, 0.1) is 17.8 Å². The highest BCUT2D eigenvalue weighted by molar-refractivity contribution is 6.01. The summed E-state index contributed by atoms with van der Waals surface area (Å²) in [6.45, 7) is 4.07. The number of carbonyl (C=O) groups excluding carboxylic acids is 2. The van der Waals surface area contributed by atoms with E-state index in [1.165, 1.54) is 24.8 Å². The Kier molecular flexibility index (Phi) is 5.77. The summed E-state index contributed by atoms with van der Waals surface area (Å²) in [6, 6.07) is 19.3. The molecule has 8 nitrogen and oxygen atoms in total. The van der Waals surface area contributed by atoms with E-state index in [1.54, 1.807) is 7.11 Å². The average molecular weight is 600 g/mol. The Hall–Kier alpha value is -4.59. The number of imidazole rings is 1. The van der Waals surface area contributed by atoms with Crippen LogP contribution in [0.1, 0.15) is 48.5 Å². The molecule has 0 spiro atoms. The fourth-order valence-corrected chi connectivity index (χ4v) is 8.30. The average Bonchev–Trinajstić information content (AvgIpc) is 3.26. The van der Waals surface area contributed by atoms with Gasteiger partial charge < -0.3 is 24.1 Å². The molecule has 2 amide bonds. The van der Waals surface area contributed by atoms with Gasteiger partial charge in [-0.25, -0.2) is 4.98 Å². The summed E-state index contributed by atoms with van der Waals surface area (Å²) in [4.78, 5) is 33.0. The van der Waals surface area contributed by atoms with E-state index >= 15 is 0 Å². The third-order valence-corrected chi connectivity index (χ3v) is 11.0. The predicted molar refractivity (Wildman–Crippen MR) is 175 cm³/mol. The van der Waals surface area contributed by atoms with Crippen LogP contribution in [-0.2, 0) is 24.8 Å². The molecular weight excluding hydrogens is 562 g/mol. The van der Waals surface area contributed by atoms with Crippen molar-refractivity contribution in [2.24, 2.45) is 24.8 Å². The predicted octanol–water partition coefficient (Wildman–Crippen LogP) is 6.65. The van der Waals surface area contributed by atoms with Crippen LogP contribution in [0.2, 0.25) is 0 Å². The first-order valence-corrected chi connectivity index (χ1v) is 16.3. The fourth-order valence-electron chi connectivity index (χ4n) is 8.30. The molecule has 4 aliphatic rings. The number of benzene rings is 3. The first kappa shape index (κ1) is 26.8. The van der Waals surface area contributed by atoms with Gasteiger partial charge in [0.05, 0.1) is 24.7 Å². The van der Waals surface area contributed by atoms with Gasteiger partial charge in [0, 0.05) is 48.3 Å². The van der Waals surface area contributed by atoms with E-state index in [1.807, 2.05) is 19.2 Å². The number of hydrogen-bond donors (Lipinski definition) is 1. The van der Waals surface area contributed by atoms with Crippen molar-refractivity contribution in [3.8, 4) is 28.4 Å². The molecule has 3 atom stereocenters. The van der Waals surface area contributed by atoms with Gasteiger partial charge in [-0.3, -0.25) is 9.59 Å². The first-order valence-electron chi connectivity index (χ1n) is 16.3. The number of methoxy groups -OCH3 is 1. The monoisotopic (exact) mass is 599 g/mol. The highest BCUT2D eigenvalue weighted by Crippen LogP contribution is 2.44. The van der Waals surface area contributed by atoms with Gasteiger partial charge >= 0.3 is 0 Å². The number of aryl methyl sites for hydroxylation is 1. The lowest BCUT2D eigenvalue weighted by atomic mass is 10.0. The zero-order valence-corrected chi connectivity index (χ0v) is 26.0. The van der Waals surface area contributed by atoms with E-state index in [9.17, 15) is 9.59 Å². The van der Waals surface area contributed by atoms with E-state index in [2.05, 4.69) is 68.7 Å². The molecule has 4 heterocycles. The SMILES string of the molecule is COc1cc(C(=O)N2CC3CCC2[C@@H]3C)cc2nc(-c3cc4ccc(-c5ccc6c(c5)NC(=O)C6)cc4n3CC3CC3)n(C)c12. The number of fused-ring (bicyclic) bond motifs is 5. The summed E-state index contributed by atoms with van der Waals surface area (Å²) in [7, 11) is 3.71.